The number of rotatable bonds is 12. The third-order valence-electron chi connectivity index (χ3n) is 8.27. The topological polar surface area (TPSA) is 86.8 Å². The number of hydrogen-bond donors (Lipinski definition) is 1. The van der Waals surface area contributed by atoms with Gasteiger partial charge in [0.15, 0.2) is 0 Å². The third kappa shape index (κ3) is 8.37. The molecule has 0 bridgehead atoms. The number of amides is 2. The number of halogens is 2. The molecule has 7 nitrogen and oxygen atoms in total. The SMILES string of the molecule is Cc1ccc(N(CC(=O)N(Cc2cccc(Br)c2)C(Cc2ccccc2)C(=O)NC2CCCC2)S(=O)(=O)c2ccccc2)cc1Cl. The number of benzene rings is 4. The van der Waals surface area contributed by atoms with E-state index < -0.39 is 28.5 Å². The van der Waals surface area contributed by atoms with Crippen molar-refractivity contribution in [3.63, 3.8) is 0 Å². The number of carbonyl (C=O) groups excluding carboxylic acids is 2. The maximum atomic E-state index is 14.6. The zero-order valence-electron chi connectivity index (χ0n) is 25.6. The van der Waals surface area contributed by atoms with Crippen molar-refractivity contribution >= 4 is 55.1 Å². The van der Waals surface area contributed by atoms with Gasteiger partial charge in [-0.05, 0) is 72.9 Å². The van der Waals surface area contributed by atoms with Crippen molar-refractivity contribution in [1.29, 1.82) is 0 Å². The van der Waals surface area contributed by atoms with Crippen molar-refractivity contribution in [2.75, 3.05) is 10.8 Å². The first-order valence-corrected chi connectivity index (χ1v) is 17.9. The Kier molecular flexibility index (Phi) is 11.2. The van der Waals surface area contributed by atoms with Crippen LogP contribution in [0.2, 0.25) is 5.02 Å². The van der Waals surface area contributed by atoms with E-state index in [0.29, 0.717) is 5.02 Å². The van der Waals surface area contributed by atoms with E-state index in [1.807, 2.05) is 61.5 Å². The van der Waals surface area contributed by atoms with E-state index in [9.17, 15) is 18.0 Å². The summed E-state index contributed by atoms with van der Waals surface area (Å²) in [6.07, 6.45) is 4.13. The lowest BCUT2D eigenvalue weighted by Crippen LogP contribution is -2.54. The van der Waals surface area contributed by atoms with Crippen LogP contribution in [0.15, 0.2) is 112 Å². The van der Waals surface area contributed by atoms with Gasteiger partial charge >= 0.3 is 0 Å². The molecule has 0 heterocycles. The Balaban J connectivity index is 1.57. The standard InChI is InChI=1S/C36H37BrClN3O4S/c1-26-19-20-31(23-33(26)38)41(46(44,45)32-17-6-3-7-18-32)25-35(42)40(24-28-13-10-14-29(37)21-28)34(22-27-11-4-2-5-12-27)36(43)39-30-15-8-9-16-30/h2-7,10-14,17-21,23,30,34H,8-9,15-16,22,24-25H2,1H3,(H,39,43). The average Bonchev–Trinajstić information content (AvgIpc) is 3.56. The molecule has 1 aliphatic rings. The molecule has 4 aromatic carbocycles. The van der Waals surface area contributed by atoms with Gasteiger partial charge in [-0.3, -0.25) is 13.9 Å². The van der Waals surface area contributed by atoms with E-state index in [-0.39, 0.29) is 35.5 Å². The fourth-order valence-corrected chi connectivity index (χ4v) is 7.79. The van der Waals surface area contributed by atoms with Gasteiger partial charge < -0.3 is 10.2 Å². The monoisotopic (exact) mass is 721 g/mol. The molecule has 0 aliphatic heterocycles. The first kappa shape index (κ1) is 33.7. The van der Waals surface area contributed by atoms with Crippen LogP contribution in [0.25, 0.3) is 0 Å². The number of anilines is 1. The lowest BCUT2D eigenvalue weighted by Gasteiger charge is -2.34. The summed E-state index contributed by atoms with van der Waals surface area (Å²) in [5.41, 5.74) is 2.72. The molecule has 1 fully saturated rings. The molecular weight excluding hydrogens is 686 g/mol. The number of sulfonamides is 1. The van der Waals surface area contributed by atoms with E-state index in [4.69, 9.17) is 11.6 Å². The number of nitrogens with zero attached hydrogens (tertiary/aromatic N) is 2. The molecule has 1 N–H and O–H groups in total. The Morgan fingerprint density at radius 3 is 2.20 bits per heavy atom. The number of hydrogen-bond acceptors (Lipinski definition) is 4. The van der Waals surface area contributed by atoms with Crippen LogP contribution in [0.5, 0.6) is 0 Å². The van der Waals surface area contributed by atoms with Crippen LogP contribution < -0.4 is 9.62 Å². The molecule has 1 saturated carbocycles. The number of carbonyl (C=O) groups is 2. The summed E-state index contributed by atoms with van der Waals surface area (Å²) in [6, 6.07) is 29.2. The normalized spacial score (nSPS) is 14.1. The fraction of sp³-hybridized carbons (Fsp3) is 0.278. The summed E-state index contributed by atoms with van der Waals surface area (Å²) in [6.45, 7) is 1.39. The molecule has 0 aromatic heterocycles. The number of nitrogens with one attached hydrogen (secondary N) is 1. The van der Waals surface area contributed by atoms with Crippen LogP contribution in [0, 0.1) is 6.92 Å². The van der Waals surface area contributed by atoms with E-state index >= 15 is 0 Å². The van der Waals surface area contributed by atoms with Crippen molar-refractivity contribution in [2.45, 2.75) is 62.6 Å². The highest BCUT2D eigenvalue weighted by Crippen LogP contribution is 2.29. The summed E-state index contributed by atoms with van der Waals surface area (Å²) >= 11 is 9.98. The molecule has 240 valence electrons. The molecule has 4 aromatic rings. The lowest BCUT2D eigenvalue weighted by atomic mass is 10.0. The molecule has 0 radical (unpaired) electrons. The molecule has 0 spiro atoms. The Labute approximate surface area is 284 Å². The second kappa shape index (κ2) is 15.3. The summed E-state index contributed by atoms with van der Waals surface area (Å²) in [5, 5.41) is 3.57. The highest BCUT2D eigenvalue weighted by Gasteiger charge is 2.35. The van der Waals surface area contributed by atoms with Gasteiger partial charge in [-0.2, -0.15) is 0 Å². The first-order chi connectivity index (χ1) is 22.1. The van der Waals surface area contributed by atoms with E-state index in [1.54, 1.807) is 36.4 Å². The van der Waals surface area contributed by atoms with Crippen LogP contribution in [-0.4, -0.2) is 43.8 Å². The predicted octanol–water partition coefficient (Wildman–Crippen LogP) is 7.31. The maximum Gasteiger partial charge on any atom is 0.264 e. The van der Waals surface area contributed by atoms with Gasteiger partial charge in [0.25, 0.3) is 10.0 Å². The van der Waals surface area contributed by atoms with Crippen molar-refractivity contribution in [1.82, 2.24) is 10.2 Å². The third-order valence-corrected chi connectivity index (χ3v) is 11.0. The zero-order chi connectivity index (χ0) is 32.7. The van der Waals surface area contributed by atoms with Gasteiger partial charge in [0.2, 0.25) is 11.8 Å². The molecule has 5 rings (SSSR count). The van der Waals surface area contributed by atoms with Crippen LogP contribution in [-0.2, 0) is 32.6 Å². The van der Waals surface area contributed by atoms with Crippen molar-refractivity contribution < 1.29 is 18.0 Å². The van der Waals surface area contributed by atoms with Crippen LogP contribution in [0.4, 0.5) is 5.69 Å². The summed E-state index contributed by atoms with van der Waals surface area (Å²) in [7, 11) is -4.20. The van der Waals surface area contributed by atoms with Gasteiger partial charge in [0.05, 0.1) is 10.6 Å². The fourth-order valence-electron chi connectivity index (χ4n) is 5.74. The van der Waals surface area contributed by atoms with Gasteiger partial charge in [0, 0.05) is 28.5 Å². The average molecular weight is 723 g/mol. The second-order valence-electron chi connectivity index (χ2n) is 11.6. The lowest BCUT2D eigenvalue weighted by molar-refractivity contribution is -0.140. The van der Waals surface area contributed by atoms with Crippen LogP contribution >= 0.6 is 27.5 Å². The van der Waals surface area contributed by atoms with Crippen LogP contribution in [0.3, 0.4) is 0 Å². The van der Waals surface area contributed by atoms with E-state index in [2.05, 4.69) is 21.2 Å². The second-order valence-corrected chi connectivity index (χ2v) is 14.8. The van der Waals surface area contributed by atoms with Gasteiger partial charge in [0.1, 0.15) is 12.6 Å². The quantitative estimate of drug-likeness (QED) is 0.166. The Bertz CT molecular complexity index is 1770. The molecule has 1 atom stereocenters. The molecule has 1 aliphatic carbocycles. The molecule has 0 saturated heterocycles. The van der Waals surface area contributed by atoms with E-state index in [1.165, 1.54) is 17.0 Å². The minimum absolute atomic E-state index is 0.0397. The Hall–Kier alpha value is -3.66. The van der Waals surface area contributed by atoms with Crippen molar-refractivity contribution in [3.05, 3.63) is 129 Å². The van der Waals surface area contributed by atoms with Crippen molar-refractivity contribution in [2.24, 2.45) is 0 Å². The zero-order valence-corrected chi connectivity index (χ0v) is 28.8. The maximum absolute atomic E-state index is 14.6. The minimum Gasteiger partial charge on any atom is -0.352 e. The van der Waals surface area contributed by atoms with Gasteiger partial charge in [-0.1, -0.05) is 107 Å². The van der Waals surface area contributed by atoms with Gasteiger partial charge in [-0.25, -0.2) is 8.42 Å². The summed E-state index contributed by atoms with van der Waals surface area (Å²) < 4.78 is 30.2. The van der Waals surface area contributed by atoms with Crippen LogP contribution in [0.1, 0.15) is 42.4 Å². The van der Waals surface area contributed by atoms with Crippen molar-refractivity contribution in [3.8, 4) is 0 Å². The summed E-state index contributed by atoms with van der Waals surface area (Å²) in [5.74, 6) is -0.770. The highest BCUT2D eigenvalue weighted by atomic mass is 79.9. The first-order valence-electron chi connectivity index (χ1n) is 15.3. The number of aryl methyl sites for hydroxylation is 1. The Morgan fingerprint density at radius 2 is 1.54 bits per heavy atom. The highest BCUT2D eigenvalue weighted by molar-refractivity contribution is 9.10. The molecule has 2 amide bonds. The summed E-state index contributed by atoms with van der Waals surface area (Å²) in [4.78, 5) is 30.3. The van der Waals surface area contributed by atoms with E-state index in [0.717, 1.165) is 51.2 Å². The molecular formula is C36H37BrClN3O4S. The molecule has 1 unspecified atom stereocenters. The Morgan fingerprint density at radius 1 is 0.891 bits per heavy atom. The largest absolute Gasteiger partial charge is 0.352 e. The molecule has 46 heavy (non-hydrogen) atoms. The molecule has 10 heteroatoms. The van der Waals surface area contributed by atoms with Gasteiger partial charge in [-0.15, -0.1) is 0 Å². The smallest absolute Gasteiger partial charge is 0.264 e. The predicted molar refractivity (Wildman–Crippen MR) is 186 cm³/mol. The minimum atomic E-state index is -4.20.